The molecule has 25 heavy (non-hydrogen) atoms. The first-order valence-electron chi connectivity index (χ1n) is 8.89. The molecular formula is C18H24N4O3. The first-order valence-corrected chi connectivity index (χ1v) is 8.89. The molecule has 2 aromatic heterocycles. The number of hydrogen-bond acceptors (Lipinski definition) is 6. The van der Waals surface area contributed by atoms with Crippen LogP contribution in [0.5, 0.6) is 5.88 Å². The normalized spacial score (nSPS) is 17.5. The summed E-state index contributed by atoms with van der Waals surface area (Å²) in [4.78, 5) is 23.3. The number of likely N-dealkylation sites (tertiary alicyclic amines) is 1. The smallest absolute Gasteiger partial charge is 0.256 e. The minimum atomic E-state index is -0.164. The van der Waals surface area contributed by atoms with E-state index in [2.05, 4.69) is 22.0 Å². The summed E-state index contributed by atoms with van der Waals surface area (Å²) >= 11 is 0. The molecule has 1 atom stereocenters. The molecule has 0 aliphatic carbocycles. The summed E-state index contributed by atoms with van der Waals surface area (Å²) in [6, 6.07) is 3.35. The number of rotatable bonds is 6. The van der Waals surface area contributed by atoms with Crippen LogP contribution in [-0.4, -0.2) is 39.1 Å². The van der Waals surface area contributed by atoms with Crippen LogP contribution in [0.4, 0.5) is 0 Å². The highest BCUT2D eigenvalue weighted by Crippen LogP contribution is 2.31. The Morgan fingerprint density at radius 1 is 1.40 bits per heavy atom. The van der Waals surface area contributed by atoms with E-state index >= 15 is 0 Å². The summed E-state index contributed by atoms with van der Waals surface area (Å²) in [6.45, 7) is 5.21. The van der Waals surface area contributed by atoms with Crippen LogP contribution < -0.4 is 4.74 Å². The second kappa shape index (κ2) is 8.09. The quantitative estimate of drug-likeness (QED) is 0.748. The van der Waals surface area contributed by atoms with Gasteiger partial charge in [0.15, 0.2) is 5.82 Å². The van der Waals surface area contributed by atoms with E-state index in [0.29, 0.717) is 36.3 Å². The number of aryl methyl sites for hydroxylation is 1. The third-order valence-electron chi connectivity index (χ3n) is 4.32. The highest BCUT2D eigenvalue weighted by Gasteiger charge is 2.32. The van der Waals surface area contributed by atoms with Crippen LogP contribution in [0.2, 0.25) is 0 Å². The number of unbranched alkanes of at least 4 members (excludes halogenated alkanes) is 1. The molecule has 0 aromatic carbocycles. The molecule has 1 fully saturated rings. The number of carbonyl (C=O) groups is 1. The molecule has 0 spiro atoms. The maximum absolute atomic E-state index is 12.9. The van der Waals surface area contributed by atoms with Gasteiger partial charge in [-0.15, -0.1) is 0 Å². The van der Waals surface area contributed by atoms with E-state index in [-0.39, 0.29) is 11.9 Å². The van der Waals surface area contributed by atoms with Crippen LogP contribution in [-0.2, 0) is 0 Å². The summed E-state index contributed by atoms with van der Waals surface area (Å²) < 4.78 is 10.9. The zero-order valence-corrected chi connectivity index (χ0v) is 14.8. The van der Waals surface area contributed by atoms with Gasteiger partial charge < -0.3 is 14.2 Å². The molecule has 1 amide bonds. The first kappa shape index (κ1) is 17.4. The molecule has 3 heterocycles. The van der Waals surface area contributed by atoms with Crippen molar-refractivity contribution in [2.45, 2.75) is 52.0 Å². The molecule has 134 valence electrons. The molecule has 1 aliphatic rings. The maximum atomic E-state index is 12.9. The number of piperidine rings is 1. The number of carbonyl (C=O) groups excluding carboxylic acids is 1. The first-order chi connectivity index (χ1) is 12.2. The van der Waals surface area contributed by atoms with Crippen molar-refractivity contribution in [2.24, 2.45) is 0 Å². The van der Waals surface area contributed by atoms with Gasteiger partial charge in [0.1, 0.15) is 6.04 Å². The predicted molar refractivity (Wildman–Crippen MR) is 91.3 cm³/mol. The Bertz CT molecular complexity index is 699. The van der Waals surface area contributed by atoms with E-state index in [9.17, 15) is 4.79 Å². The fourth-order valence-electron chi connectivity index (χ4n) is 2.96. The standard InChI is InChI=1S/C18H24N4O3/c1-3-4-11-24-16-9-8-14(12-19-16)18(23)22-10-6-5-7-15(22)17-20-13(2)21-25-17/h8-9,12,15H,3-7,10-11H2,1-2H3. The monoisotopic (exact) mass is 344 g/mol. The van der Waals surface area contributed by atoms with Gasteiger partial charge in [-0.3, -0.25) is 4.79 Å². The van der Waals surface area contributed by atoms with Gasteiger partial charge in [0.05, 0.1) is 12.2 Å². The highest BCUT2D eigenvalue weighted by molar-refractivity contribution is 5.94. The van der Waals surface area contributed by atoms with E-state index in [4.69, 9.17) is 9.26 Å². The zero-order chi connectivity index (χ0) is 17.6. The Hall–Kier alpha value is -2.44. The summed E-state index contributed by atoms with van der Waals surface area (Å²) in [5.74, 6) is 1.59. The third kappa shape index (κ3) is 4.15. The van der Waals surface area contributed by atoms with Gasteiger partial charge in [-0.25, -0.2) is 4.98 Å². The molecule has 7 nitrogen and oxygen atoms in total. The predicted octanol–water partition coefficient (Wildman–Crippen LogP) is 3.32. The van der Waals surface area contributed by atoms with Crippen molar-refractivity contribution in [1.29, 1.82) is 0 Å². The highest BCUT2D eigenvalue weighted by atomic mass is 16.5. The van der Waals surface area contributed by atoms with Gasteiger partial charge in [0, 0.05) is 18.8 Å². The van der Waals surface area contributed by atoms with Crippen molar-refractivity contribution in [3.63, 3.8) is 0 Å². The summed E-state index contributed by atoms with van der Waals surface area (Å²) in [5, 5.41) is 3.85. The second-order valence-corrected chi connectivity index (χ2v) is 6.28. The molecule has 3 rings (SSSR count). The van der Waals surface area contributed by atoms with Gasteiger partial charge in [-0.2, -0.15) is 4.98 Å². The molecule has 0 N–H and O–H groups in total. The Labute approximate surface area is 147 Å². The molecule has 0 saturated carbocycles. The Balaban J connectivity index is 1.71. The molecule has 1 saturated heterocycles. The van der Waals surface area contributed by atoms with Crippen LogP contribution in [0.25, 0.3) is 0 Å². The lowest BCUT2D eigenvalue weighted by molar-refractivity contribution is 0.0561. The Kier molecular flexibility index (Phi) is 5.63. The lowest BCUT2D eigenvalue weighted by Gasteiger charge is -2.33. The fourth-order valence-corrected chi connectivity index (χ4v) is 2.96. The third-order valence-corrected chi connectivity index (χ3v) is 4.32. The topological polar surface area (TPSA) is 81.4 Å². The Morgan fingerprint density at radius 3 is 2.96 bits per heavy atom. The van der Waals surface area contributed by atoms with Crippen molar-refractivity contribution >= 4 is 5.91 Å². The van der Waals surface area contributed by atoms with E-state index in [0.717, 1.165) is 32.1 Å². The van der Waals surface area contributed by atoms with Crippen molar-refractivity contribution in [2.75, 3.05) is 13.2 Å². The van der Waals surface area contributed by atoms with Crippen LogP contribution in [0.15, 0.2) is 22.9 Å². The number of pyridine rings is 1. The molecule has 0 bridgehead atoms. The molecule has 0 radical (unpaired) electrons. The minimum Gasteiger partial charge on any atom is -0.478 e. The van der Waals surface area contributed by atoms with Crippen LogP contribution in [0.3, 0.4) is 0 Å². The van der Waals surface area contributed by atoms with Gasteiger partial charge in [0.2, 0.25) is 11.8 Å². The number of amides is 1. The van der Waals surface area contributed by atoms with E-state index in [1.54, 1.807) is 25.3 Å². The van der Waals surface area contributed by atoms with Gasteiger partial charge in [0.25, 0.3) is 5.91 Å². The summed E-state index contributed by atoms with van der Waals surface area (Å²) in [6.07, 6.45) is 6.48. The molecule has 2 aromatic rings. The molecule has 7 heteroatoms. The van der Waals surface area contributed by atoms with Crippen molar-refractivity contribution in [1.82, 2.24) is 20.0 Å². The van der Waals surface area contributed by atoms with Crippen molar-refractivity contribution < 1.29 is 14.1 Å². The maximum Gasteiger partial charge on any atom is 0.256 e. The lowest BCUT2D eigenvalue weighted by Crippen LogP contribution is -2.38. The molecule has 1 aliphatic heterocycles. The van der Waals surface area contributed by atoms with Crippen LogP contribution in [0.1, 0.15) is 67.1 Å². The summed E-state index contributed by atoms with van der Waals surface area (Å²) in [5.41, 5.74) is 0.547. The largest absolute Gasteiger partial charge is 0.478 e. The fraction of sp³-hybridized carbons (Fsp3) is 0.556. The SMILES string of the molecule is CCCCOc1ccc(C(=O)N2CCCCC2c2nc(C)no2)cn1. The van der Waals surface area contributed by atoms with Crippen LogP contribution >= 0.6 is 0 Å². The average molecular weight is 344 g/mol. The van der Waals surface area contributed by atoms with Gasteiger partial charge >= 0.3 is 0 Å². The number of hydrogen-bond donors (Lipinski definition) is 0. The summed E-state index contributed by atoms with van der Waals surface area (Å²) in [7, 11) is 0. The number of nitrogens with zero attached hydrogens (tertiary/aromatic N) is 4. The zero-order valence-electron chi connectivity index (χ0n) is 14.8. The Morgan fingerprint density at radius 2 is 2.28 bits per heavy atom. The van der Waals surface area contributed by atoms with Crippen molar-refractivity contribution in [3.8, 4) is 5.88 Å². The van der Waals surface area contributed by atoms with E-state index < -0.39 is 0 Å². The number of aromatic nitrogens is 3. The van der Waals surface area contributed by atoms with Crippen molar-refractivity contribution in [3.05, 3.63) is 35.6 Å². The molecule has 1 unspecified atom stereocenters. The minimum absolute atomic E-state index is 0.0619. The van der Waals surface area contributed by atoms with Gasteiger partial charge in [-0.05, 0) is 38.7 Å². The molecular weight excluding hydrogens is 320 g/mol. The number of ether oxygens (including phenoxy) is 1. The lowest BCUT2D eigenvalue weighted by atomic mass is 10.0. The van der Waals surface area contributed by atoms with Crippen LogP contribution in [0, 0.1) is 6.92 Å². The second-order valence-electron chi connectivity index (χ2n) is 6.28. The van der Waals surface area contributed by atoms with E-state index in [1.165, 1.54) is 0 Å². The van der Waals surface area contributed by atoms with Gasteiger partial charge in [-0.1, -0.05) is 18.5 Å². The van der Waals surface area contributed by atoms with E-state index in [1.807, 2.05) is 4.90 Å². The average Bonchev–Trinajstić information content (AvgIpc) is 3.08.